The van der Waals surface area contributed by atoms with Crippen molar-refractivity contribution in [2.75, 3.05) is 24.7 Å². The van der Waals surface area contributed by atoms with E-state index < -0.39 is 10.0 Å². The number of rotatable bonds is 4. The summed E-state index contributed by atoms with van der Waals surface area (Å²) in [7, 11) is -3.14. The van der Waals surface area contributed by atoms with Crippen LogP contribution in [0.4, 0.5) is 0 Å². The van der Waals surface area contributed by atoms with Gasteiger partial charge in [0.25, 0.3) is 0 Å². The number of alkyl halides is 1. The summed E-state index contributed by atoms with van der Waals surface area (Å²) >= 11 is 5.50. The maximum atomic E-state index is 11.8. The van der Waals surface area contributed by atoms with Gasteiger partial charge < -0.3 is 4.74 Å². The van der Waals surface area contributed by atoms with Crippen LogP contribution in [-0.2, 0) is 14.8 Å². The number of hydrogen-bond donors (Lipinski definition) is 0. The Morgan fingerprint density at radius 1 is 1.33 bits per heavy atom. The van der Waals surface area contributed by atoms with Crippen LogP contribution in [0.2, 0.25) is 0 Å². The van der Waals surface area contributed by atoms with Gasteiger partial charge in [0.15, 0.2) is 0 Å². The standard InChI is InChI=1S/C9H18ClNO3S/c1-8-6-11(7-9(2)14-8)15(12,13)5-3-4-10/h8-9H,3-7H2,1-2H3. The van der Waals surface area contributed by atoms with E-state index in [0.29, 0.717) is 25.4 Å². The fourth-order valence-electron chi connectivity index (χ4n) is 1.72. The first-order chi connectivity index (χ1) is 6.95. The van der Waals surface area contributed by atoms with Crippen LogP contribution in [0.1, 0.15) is 20.3 Å². The maximum Gasteiger partial charge on any atom is 0.214 e. The molecule has 0 aromatic heterocycles. The summed E-state index contributed by atoms with van der Waals surface area (Å²) < 4.78 is 30.7. The zero-order valence-electron chi connectivity index (χ0n) is 9.15. The molecule has 4 nitrogen and oxygen atoms in total. The molecule has 1 aliphatic heterocycles. The molecule has 0 aromatic rings. The number of sulfonamides is 1. The topological polar surface area (TPSA) is 46.6 Å². The molecule has 1 fully saturated rings. The summed E-state index contributed by atoms with van der Waals surface area (Å²) in [5.74, 6) is 0.518. The molecular formula is C9H18ClNO3S. The molecule has 90 valence electrons. The molecule has 0 amide bonds. The molecule has 2 unspecified atom stereocenters. The van der Waals surface area contributed by atoms with E-state index in [0.717, 1.165) is 0 Å². The first-order valence-corrected chi connectivity index (χ1v) is 7.29. The minimum absolute atomic E-state index is 0.0282. The average Bonchev–Trinajstić information content (AvgIpc) is 2.13. The molecule has 0 radical (unpaired) electrons. The Morgan fingerprint density at radius 2 is 1.87 bits per heavy atom. The van der Waals surface area contributed by atoms with Gasteiger partial charge in [-0.1, -0.05) is 0 Å². The van der Waals surface area contributed by atoms with Gasteiger partial charge in [-0.05, 0) is 20.3 Å². The van der Waals surface area contributed by atoms with E-state index in [2.05, 4.69) is 0 Å². The highest BCUT2D eigenvalue weighted by molar-refractivity contribution is 7.89. The highest BCUT2D eigenvalue weighted by atomic mass is 35.5. The molecule has 6 heteroatoms. The van der Waals surface area contributed by atoms with E-state index in [4.69, 9.17) is 16.3 Å². The second kappa shape index (κ2) is 5.48. The van der Waals surface area contributed by atoms with Crippen LogP contribution in [0, 0.1) is 0 Å². The molecule has 1 saturated heterocycles. The Bertz CT molecular complexity index is 284. The second-order valence-corrected chi connectivity index (χ2v) is 6.40. The molecule has 1 rings (SSSR count). The fourth-order valence-corrected chi connectivity index (χ4v) is 3.66. The lowest BCUT2D eigenvalue weighted by molar-refractivity contribution is -0.0440. The Hall–Kier alpha value is 0.160. The normalized spacial score (nSPS) is 29.3. The molecular weight excluding hydrogens is 238 g/mol. The molecule has 2 atom stereocenters. The average molecular weight is 256 g/mol. The molecule has 0 aromatic carbocycles. The van der Waals surface area contributed by atoms with Gasteiger partial charge in [-0.2, -0.15) is 4.31 Å². The Balaban J connectivity index is 2.61. The predicted octanol–water partition coefficient (Wildman–Crippen LogP) is 1.05. The van der Waals surface area contributed by atoms with Crippen molar-refractivity contribution in [1.82, 2.24) is 4.31 Å². The van der Waals surface area contributed by atoms with Gasteiger partial charge in [0, 0.05) is 19.0 Å². The molecule has 0 spiro atoms. The zero-order chi connectivity index (χ0) is 11.5. The third-order valence-electron chi connectivity index (χ3n) is 2.32. The van der Waals surface area contributed by atoms with E-state index in [9.17, 15) is 8.42 Å². The molecule has 0 N–H and O–H groups in total. The summed E-state index contributed by atoms with van der Waals surface area (Å²) in [5.41, 5.74) is 0. The van der Waals surface area contributed by atoms with Crippen LogP contribution in [0.3, 0.4) is 0 Å². The van der Waals surface area contributed by atoms with Gasteiger partial charge >= 0.3 is 0 Å². The van der Waals surface area contributed by atoms with Crippen molar-refractivity contribution in [2.24, 2.45) is 0 Å². The SMILES string of the molecule is CC1CN(S(=O)(=O)CCCCl)CC(C)O1. The van der Waals surface area contributed by atoms with Crippen LogP contribution >= 0.6 is 11.6 Å². The second-order valence-electron chi connectivity index (χ2n) is 3.93. The van der Waals surface area contributed by atoms with E-state index >= 15 is 0 Å². The largest absolute Gasteiger partial charge is 0.373 e. The highest BCUT2D eigenvalue weighted by Crippen LogP contribution is 2.15. The number of morpholine rings is 1. The van der Waals surface area contributed by atoms with E-state index in [1.165, 1.54) is 4.31 Å². The molecule has 15 heavy (non-hydrogen) atoms. The summed E-state index contributed by atoms with van der Waals surface area (Å²) in [5, 5.41) is 0. The minimum Gasteiger partial charge on any atom is -0.373 e. The quantitative estimate of drug-likeness (QED) is 0.706. The van der Waals surface area contributed by atoms with Gasteiger partial charge in [-0.15, -0.1) is 11.6 Å². The lowest BCUT2D eigenvalue weighted by Crippen LogP contribution is -2.48. The van der Waals surface area contributed by atoms with Crippen LogP contribution in [0.15, 0.2) is 0 Å². The number of ether oxygens (including phenoxy) is 1. The number of nitrogens with zero attached hydrogens (tertiary/aromatic N) is 1. The summed E-state index contributed by atoms with van der Waals surface area (Å²) in [4.78, 5) is 0. The minimum atomic E-state index is -3.14. The van der Waals surface area contributed by atoms with Gasteiger partial charge in [0.2, 0.25) is 10.0 Å². The smallest absolute Gasteiger partial charge is 0.214 e. The Morgan fingerprint density at radius 3 is 2.33 bits per heavy atom. The fraction of sp³-hybridized carbons (Fsp3) is 1.00. The van der Waals surface area contributed by atoms with E-state index in [1.54, 1.807) is 0 Å². The molecule has 0 aliphatic carbocycles. The summed E-state index contributed by atoms with van der Waals surface area (Å²) in [6.45, 7) is 4.68. The van der Waals surface area contributed by atoms with Crippen LogP contribution in [0.5, 0.6) is 0 Å². The third kappa shape index (κ3) is 3.90. The van der Waals surface area contributed by atoms with Crippen molar-refractivity contribution < 1.29 is 13.2 Å². The lowest BCUT2D eigenvalue weighted by atomic mass is 10.3. The van der Waals surface area contributed by atoms with Crippen molar-refractivity contribution in [3.63, 3.8) is 0 Å². The van der Waals surface area contributed by atoms with Gasteiger partial charge in [-0.25, -0.2) is 8.42 Å². The van der Waals surface area contributed by atoms with Crippen LogP contribution < -0.4 is 0 Å². The van der Waals surface area contributed by atoms with Gasteiger partial charge in [0.05, 0.1) is 18.0 Å². The number of hydrogen-bond acceptors (Lipinski definition) is 3. The van der Waals surface area contributed by atoms with Gasteiger partial charge in [-0.3, -0.25) is 0 Å². The van der Waals surface area contributed by atoms with Crippen molar-refractivity contribution >= 4 is 21.6 Å². The summed E-state index contributed by atoms with van der Waals surface area (Å²) in [6.07, 6.45) is 0.448. The monoisotopic (exact) mass is 255 g/mol. The molecule has 1 heterocycles. The lowest BCUT2D eigenvalue weighted by Gasteiger charge is -2.34. The molecule has 1 aliphatic rings. The third-order valence-corrected chi connectivity index (χ3v) is 4.47. The van der Waals surface area contributed by atoms with Crippen LogP contribution in [0.25, 0.3) is 0 Å². The molecule has 0 bridgehead atoms. The van der Waals surface area contributed by atoms with Crippen molar-refractivity contribution in [1.29, 1.82) is 0 Å². The maximum absolute atomic E-state index is 11.8. The van der Waals surface area contributed by atoms with Crippen molar-refractivity contribution in [2.45, 2.75) is 32.5 Å². The van der Waals surface area contributed by atoms with E-state index in [-0.39, 0.29) is 18.0 Å². The molecule has 0 saturated carbocycles. The highest BCUT2D eigenvalue weighted by Gasteiger charge is 2.30. The van der Waals surface area contributed by atoms with E-state index in [1.807, 2.05) is 13.8 Å². The Kier molecular flexibility index (Phi) is 4.83. The summed E-state index contributed by atoms with van der Waals surface area (Å²) in [6, 6.07) is 0. The first kappa shape index (κ1) is 13.2. The number of halogens is 1. The zero-order valence-corrected chi connectivity index (χ0v) is 10.7. The van der Waals surface area contributed by atoms with Gasteiger partial charge in [0.1, 0.15) is 0 Å². The Labute approximate surface area is 96.6 Å². The van der Waals surface area contributed by atoms with Crippen LogP contribution in [-0.4, -0.2) is 49.7 Å². The first-order valence-electron chi connectivity index (χ1n) is 5.15. The predicted molar refractivity (Wildman–Crippen MR) is 60.7 cm³/mol. The van der Waals surface area contributed by atoms with Crippen molar-refractivity contribution in [3.05, 3.63) is 0 Å². The van der Waals surface area contributed by atoms with Crippen molar-refractivity contribution in [3.8, 4) is 0 Å².